The molecule has 0 heterocycles. The first-order valence-corrected chi connectivity index (χ1v) is 8.95. The molecule has 3 aromatic rings. The monoisotopic (exact) mass is 374 g/mol. The Kier molecular flexibility index (Phi) is 6.07. The number of nitrogens with one attached hydrogen (secondary N) is 1. The summed E-state index contributed by atoms with van der Waals surface area (Å²) in [5.74, 6) is 0.199. The first-order valence-electron chi connectivity index (χ1n) is 8.95. The van der Waals surface area contributed by atoms with Gasteiger partial charge < -0.3 is 15.0 Å². The first-order chi connectivity index (χ1) is 13.5. The fraction of sp³-hybridized carbons (Fsp3) is 0.130. The van der Waals surface area contributed by atoms with Crippen LogP contribution >= 0.6 is 0 Å². The lowest BCUT2D eigenvalue weighted by Crippen LogP contribution is -2.26. The summed E-state index contributed by atoms with van der Waals surface area (Å²) < 4.78 is 5.51. The standard InChI is InChI=1S/C23H22N2O3/c1-17-8-6-13-21(14-17)28-16-22(26)24-19-10-7-9-18(15-19)23(27)25(2)20-11-4-3-5-12-20/h3-15H,16H2,1-2H3,(H,24,26). The van der Waals surface area contributed by atoms with Gasteiger partial charge in [-0.1, -0.05) is 36.4 Å². The van der Waals surface area contributed by atoms with Crippen molar-refractivity contribution in [3.8, 4) is 5.75 Å². The number of benzene rings is 3. The fourth-order valence-electron chi connectivity index (χ4n) is 2.74. The Morgan fingerprint density at radius 3 is 2.43 bits per heavy atom. The van der Waals surface area contributed by atoms with Crippen LogP contribution in [0, 0.1) is 6.92 Å². The van der Waals surface area contributed by atoms with E-state index in [0.29, 0.717) is 17.0 Å². The highest BCUT2D eigenvalue weighted by molar-refractivity contribution is 6.06. The topological polar surface area (TPSA) is 58.6 Å². The number of nitrogens with zero attached hydrogens (tertiary/aromatic N) is 1. The zero-order valence-electron chi connectivity index (χ0n) is 15.9. The van der Waals surface area contributed by atoms with Gasteiger partial charge in [-0.05, 0) is 55.0 Å². The Bertz CT molecular complexity index is 970. The number of aryl methyl sites for hydroxylation is 1. The minimum atomic E-state index is -0.289. The van der Waals surface area contributed by atoms with Crippen molar-refractivity contribution < 1.29 is 14.3 Å². The molecule has 142 valence electrons. The molecule has 3 rings (SSSR count). The van der Waals surface area contributed by atoms with Gasteiger partial charge in [0.05, 0.1) is 0 Å². The summed E-state index contributed by atoms with van der Waals surface area (Å²) in [7, 11) is 1.72. The maximum absolute atomic E-state index is 12.7. The third-order valence-corrected chi connectivity index (χ3v) is 4.20. The van der Waals surface area contributed by atoms with Crippen molar-refractivity contribution in [2.75, 3.05) is 23.9 Å². The number of hydrogen-bond acceptors (Lipinski definition) is 3. The number of para-hydroxylation sites is 1. The van der Waals surface area contributed by atoms with Gasteiger partial charge in [0.25, 0.3) is 11.8 Å². The lowest BCUT2D eigenvalue weighted by atomic mass is 10.1. The molecule has 0 bridgehead atoms. The van der Waals surface area contributed by atoms with Crippen molar-refractivity contribution in [3.05, 3.63) is 90.0 Å². The van der Waals surface area contributed by atoms with Gasteiger partial charge in [-0.25, -0.2) is 0 Å². The lowest BCUT2D eigenvalue weighted by Gasteiger charge is -2.17. The van der Waals surface area contributed by atoms with Gasteiger partial charge in [0.1, 0.15) is 5.75 Å². The maximum Gasteiger partial charge on any atom is 0.262 e. The van der Waals surface area contributed by atoms with Crippen LogP contribution in [0.1, 0.15) is 15.9 Å². The molecule has 28 heavy (non-hydrogen) atoms. The Morgan fingerprint density at radius 2 is 1.68 bits per heavy atom. The molecule has 0 unspecified atom stereocenters. The third kappa shape index (κ3) is 4.98. The fourth-order valence-corrected chi connectivity index (χ4v) is 2.74. The van der Waals surface area contributed by atoms with E-state index in [1.165, 1.54) is 0 Å². The maximum atomic E-state index is 12.7. The summed E-state index contributed by atoms with van der Waals surface area (Å²) in [4.78, 5) is 26.5. The first kappa shape index (κ1) is 19.2. The van der Waals surface area contributed by atoms with Crippen molar-refractivity contribution in [1.29, 1.82) is 0 Å². The number of carbonyl (C=O) groups excluding carboxylic acids is 2. The number of amides is 2. The normalized spacial score (nSPS) is 10.2. The molecule has 0 aliphatic rings. The molecule has 0 atom stereocenters. The predicted octanol–water partition coefficient (Wildman–Crippen LogP) is 4.29. The number of anilines is 2. The second-order valence-corrected chi connectivity index (χ2v) is 6.43. The van der Waals surface area contributed by atoms with E-state index in [-0.39, 0.29) is 18.4 Å². The van der Waals surface area contributed by atoms with E-state index in [4.69, 9.17) is 4.74 Å². The molecule has 0 radical (unpaired) electrons. The molecule has 0 aliphatic heterocycles. The highest BCUT2D eigenvalue weighted by Crippen LogP contribution is 2.18. The van der Waals surface area contributed by atoms with Crippen LogP contribution in [0.3, 0.4) is 0 Å². The van der Waals surface area contributed by atoms with Gasteiger partial charge >= 0.3 is 0 Å². The second-order valence-electron chi connectivity index (χ2n) is 6.43. The van der Waals surface area contributed by atoms with E-state index in [9.17, 15) is 9.59 Å². The molecule has 3 aromatic carbocycles. The molecule has 2 amide bonds. The third-order valence-electron chi connectivity index (χ3n) is 4.20. The summed E-state index contributed by atoms with van der Waals surface area (Å²) in [6.07, 6.45) is 0. The molecule has 0 saturated heterocycles. The Hall–Kier alpha value is -3.60. The van der Waals surface area contributed by atoms with Gasteiger partial charge in [-0.15, -0.1) is 0 Å². The molecule has 0 saturated carbocycles. The summed E-state index contributed by atoms with van der Waals surface area (Å²) in [5.41, 5.74) is 2.90. The zero-order valence-corrected chi connectivity index (χ0v) is 15.9. The quantitative estimate of drug-likeness (QED) is 0.700. The molecular formula is C23H22N2O3. The number of carbonyl (C=O) groups is 2. The molecule has 0 aromatic heterocycles. The molecule has 5 nitrogen and oxygen atoms in total. The van der Waals surface area contributed by atoms with E-state index in [2.05, 4.69) is 5.32 Å². The van der Waals surface area contributed by atoms with Crippen molar-refractivity contribution in [2.24, 2.45) is 0 Å². The van der Waals surface area contributed by atoms with Gasteiger partial charge in [0.2, 0.25) is 0 Å². The van der Waals surface area contributed by atoms with E-state index >= 15 is 0 Å². The van der Waals surface area contributed by atoms with E-state index in [1.54, 1.807) is 42.3 Å². The van der Waals surface area contributed by atoms with Gasteiger partial charge in [0.15, 0.2) is 6.61 Å². The van der Waals surface area contributed by atoms with E-state index < -0.39 is 0 Å². The average molecular weight is 374 g/mol. The average Bonchev–Trinajstić information content (AvgIpc) is 2.72. The van der Waals surface area contributed by atoms with Crippen molar-refractivity contribution in [2.45, 2.75) is 6.92 Å². The molecule has 0 fully saturated rings. The molecule has 5 heteroatoms. The number of hydrogen-bond donors (Lipinski definition) is 1. The van der Waals surface area contributed by atoms with Gasteiger partial charge in [-0.2, -0.15) is 0 Å². The highest BCUT2D eigenvalue weighted by Gasteiger charge is 2.14. The SMILES string of the molecule is Cc1cccc(OCC(=O)Nc2cccc(C(=O)N(C)c3ccccc3)c2)c1. The van der Waals surface area contributed by atoms with Crippen LogP contribution in [-0.4, -0.2) is 25.5 Å². The minimum absolute atomic E-state index is 0.106. The largest absolute Gasteiger partial charge is 0.484 e. The highest BCUT2D eigenvalue weighted by atomic mass is 16.5. The summed E-state index contributed by atoms with van der Waals surface area (Å²) >= 11 is 0. The molecular weight excluding hydrogens is 352 g/mol. The summed E-state index contributed by atoms with van der Waals surface area (Å²) in [5, 5.41) is 2.77. The van der Waals surface area contributed by atoms with Crippen LogP contribution in [0.5, 0.6) is 5.75 Å². The summed E-state index contributed by atoms with van der Waals surface area (Å²) in [6, 6.07) is 23.8. The van der Waals surface area contributed by atoms with Crippen LogP contribution in [0.15, 0.2) is 78.9 Å². The lowest BCUT2D eigenvalue weighted by molar-refractivity contribution is -0.118. The van der Waals surface area contributed by atoms with Crippen LogP contribution < -0.4 is 15.0 Å². The minimum Gasteiger partial charge on any atom is -0.484 e. The van der Waals surface area contributed by atoms with Crippen molar-refractivity contribution >= 4 is 23.2 Å². The van der Waals surface area contributed by atoms with Crippen molar-refractivity contribution in [3.63, 3.8) is 0 Å². The molecule has 0 aliphatic carbocycles. The van der Waals surface area contributed by atoms with Crippen LogP contribution in [0.2, 0.25) is 0 Å². The van der Waals surface area contributed by atoms with E-state index in [0.717, 1.165) is 11.3 Å². The van der Waals surface area contributed by atoms with Crippen LogP contribution in [0.25, 0.3) is 0 Å². The summed E-state index contributed by atoms with van der Waals surface area (Å²) in [6.45, 7) is 1.85. The second kappa shape index (κ2) is 8.86. The Morgan fingerprint density at radius 1 is 0.929 bits per heavy atom. The molecule has 1 N–H and O–H groups in total. The van der Waals surface area contributed by atoms with Gasteiger partial charge in [0, 0.05) is 24.0 Å². The Balaban J connectivity index is 1.62. The smallest absolute Gasteiger partial charge is 0.262 e. The number of rotatable bonds is 6. The molecule has 0 spiro atoms. The van der Waals surface area contributed by atoms with Crippen molar-refractivity contribution in [1.82, 2.24) is 0 Å². The zero-order chi connectivity index (χ0) is 19.9. The van der Waals surface area contributed by atoms with Gasteiger partial charge in [-0.3, -0.25) is 9.59 Å². The van der Waals surface area contributed by atoms with E-state index in [1.807, 2.05) is 55.5 Å². The van der Waals surface area contributed by atoms with Crippen LogP contribution in [0.4, 0.5) is 11.4 Å². The Labute approximate surface area is 164 Å². The van der Waals surface area contributed by atoms with Crippen LogP contribution in [-0.2, 0) is 4.79 Å². The predicted molar refractivity (Wildman–Crippen MR) is 111 cm³/mol. The number of ether oxygens (including phenoxy) is 1.